The summed E-state index contributed by atoms with van der Waals surface area (Å²) < 4.78 is 31.7. The van der Waals surface area contributed by atoms with Gasteiger partial charge in [-0.05, 0) is 42.7 Å². The summed E-state index contributed by atoms with van der Waals surface area (Å²) in [5.41, 5.74) is 1.01. The summed E-state index contributed by atoms with van der Waals surface area (Å²) in [4.78, 5) is 27.9. The number of nitrogens with one attached hydrogen (secondary N) is 1. The molecule has 1 atom stereocenters. The van der Waals surface area contributed by atoms with Crippen molar-refractivity contribution >= 4 is 39.1 Å². The van der Waals surface area contributed by atoms with Crippen molar-refractivity contribution < 1.29 is 22.7 Å². The summed E-state index contributed by atoms with van der Waals surface area (Å²) in [6, 6.07) is 12.8. The SMILES string of the molecule is CCCNC(=O)C(CC)N(Cc1ccc(Cl)cc1)C(=O)CN(c1ccccc1OC)S(C)(=O)=O. The van der Waals surface area contributed by atoms with E-state index in [1.807, 2.05) is 13.8 Å². The largest absolute Gasteiger partial charge is 0.495 e. The van der Waals surface area contributed by atoms with E-state index in [9.17, 15) is 18.0 Å². The molecule has 0 aromatic heterocycles. The van der Waals surface area contributed by atoms with Crippen molar-refractivity contribution in [2.45, 2.75) is 39.3 Å². The molecule has 2 aromatic carbocycles. The lowest BCUT2D eigenvalue weighted by atomic mass is 10.1. The number of benzene rings is 2. The number of ether oxygens (including phenoxy) is 1. The molecule has 0 saturated heterocycles. The number of halogens is 1. The zero-order chi connectivity index (χ0) is 25.3. The molecule has 2 rings (SSSR count). The highest BCUT2D eigenvalue weighted by molar-refractivity contribution is 7.92. The molecule has 0 fully saturated rings. The standard InChI is InChI=1S/C24H32ClN3O5S/c1-5-15-26-24(30)20(6-2)27(16-18-11-13-19(25)14-12-18)23(29)17-28(34(4,31)32)21-9-7-8-10-22(21)33-3/h7-14,20H,5-6,15-17H2,1-4H3,(H,26,30). The Morgan fingerprint density at radius 2 is 1.74 bits per heavy atom. The van der Waals surface area contributed by atoms with E-state index >= 15 is 0 Å². The quantitative estimate of drug-likeness (QED) is 0.472. The van der Waals surface area contributed by atoms with E-state index in [4.69, 9.17) is 16.3 Å². The van der Waals surface area contributed by atoms with E-state index < -0.39 is 28.5 Å². The minimum atomic E-state index is -3.84. The number of amides is 2. The van der Waals surface area contributed by atoms with Gasteiger partial charge in [0.2, 0.25) is 21.8 Å². The van der Waals surface area contributed by atoms with E-state index in [2.05, 4.69) is 5.32 Å². The minimum absolute atomic E-state index is 0.123. The molecule has 0 aliphatic heterocycles. The van der Waals surface area contributed by atoms with Crippen LogP contribution in [-0.2, 0) is 26.2 Å². The van der Waals surface area contributed by atoms with Crippen LogP contribution >= 0.6 is 11.6 Å². The topological polar surface area (TPSA) is 96.0 Å². The van der Waals surface area contributed by atoms with Crippen molar-refractivity contribution in [2.24, 2.45) is 0 Å². The third-order valence-electron chi connectivity index (χ3n) is 5.23. The van der Waals surface area contributed by atoms with Gasteiger partial charge in [-0.1, -0.05) is 49.7 Å². The van der Waals surface area contributed by atoms with Crippen LogP contribution in [0, 0.1) is 0 Å². The van der Waals surface area contributed by atoms with Crippen LogP contribution in [0.15, 0.2) is 48.5 Å². The maximum Gasteiger partial charge on any atom is 0.244 e. The molecule has 0 radical (unpaired) electrons. The molecule has 186 valence electrons. The number of methoxy groups -OCH3 is 1. The van der Waals surface area contributed by atoms with Gasteiger partial charge in [-0.25, -0.2) is 8.42 Å². The summed E-state index contributed by atoms with van der Waals surface area (Å²) in [6.45, 7) is 3.87. The first-order chi connectivity index (χ1) is 16.1. The predicted molar refractivity (Wildman–Crippen MR) is 135 cm³/mol. The number of sulfonamides is 1. The zero-order valence-corrected chi connectivity index (χ0v) is 21.5. The maximum atomic E-state index is 13.6. The molecule has 2 aromatic rings. The van der Waals surface area contributed by atoms with Crippen LogP contribution in [-0.4, -0.2) is 57.6 Å². The number of anilines is 1. The molecule has 1 N–H and O–H groups in total. The fourth-order valence-corrected chi connectivity index (χ4v) is 4.48. The van der Waals surface area contributed by atoms with Gasteiger partial charge in [0.05, 0.1) is 19.1 Å². The third-order valence-corrected chi connectivity index (χ3v) is 6.61. The highest BCUT2D eigenvalue weighted by atomic mass is 35.5. The molecular weight excluding hydrogens is 478 g/mol. The average Bonchev–Trinajstić information content (AvgIpc) is 2.81. The summed E-state index contributed by atoms with van der Waals surface area (Å²) in [6.07, 6.45) is 2.15. The second-order valence-electron chi connectivity index (χ2n) is 7.80. The Hall–Kier alpha value is -2.78. The molecule has 10 heteroatoms. The Balaban J connectivity index is 2.45. The van der Waals surface area contributed by atoms with Crippen LogP contribution in [0.25, 0.3) is 0 Å². The lowest BCUT2D eigenvalue weighted by molar-refractivity contribution is -0.140. The van der Waals surface area contributed by atoms with Gasteiger partial charge >= 0.3 is 0 Å². The first-order valence-corrected chi connectivity index (χ1v) is 13.3. The zero-order valence-electron chi connectivity index (χ0n) is 20.0. The number of nitrogens with zero attached hydrogens (tertiary/aromatic N) is 2. The summed E-state index contributed by atoms with van der Waals surface area (Å²) >= 11 is 5.99. The van der Waals surface area contributed by atoms with Crippen LogP contribution in [0.5, 0.6) is 5.75 Å². The van der Waals surface area contributed by atoms with Crippen LogP contribution in [0.4, 0.5) is 5.69 Å². The summed E-state index contributed by atoms with van der Waals surface area (Å²) in [5.74, 6) is -0.475. The number of carbonyl (C=O) groups is 2. The Labute approximate surface area is 206 Å². The van der Waals surface area contributed by atoms with Crippen molar-refractivity contribution in [3.63, 3.8) is 0 Å². The Bertz CT molecular complexity index is 1080. The van der Waals surface area contributed by atoms with E-state index in [0.717, 1.165) is 22.5 Å². The van der Waals surface area contributed by atoms with E-state index in [1.165, 1.54) is 12.0 Å². The number of hydrogen-bond donors (Lipinski definition) is 1. The Morgan fingerprint density at radius 3 is 2.29 bits per heavy atom. The molecule has 8 nitrogen and oxygen atoms in total. The normalized spacial score (nSPS) is 12.0. The number of para-hydroxylation sites is 2. The van der Waals surface area contributed by atoms with Crippen molar-refractivity contribution in [1.29, 1.82) is 0 Å². The Kier molecular flexibility index (Phi) is 10.2. The van der Waals surface area contributed by atoms with Gasteiger partial charge in [0.15, 0.2) is 0 Å². The molecule has 0 spiro atoms. The van der Waals surface area contributed by atoms with E-state index in [-0.39, 0.29) is 18.1 Å². The third kappa shape index (κ3) is 7.36. The highest BCUT2D eigenvalue weighted by Crippen LogP contribution is 2.29. The second-order valence-corrected chi connectivity index (χ2v) is 10.1. The van der Waals surface area contributed by atoms with Gasteiger partial charge < -0.3 is 15.0 Å². The van der Waals surface area contributed by atoms with E-state index in [1.54, 1.807) is 48.5 Å². The smallest absolute Gasteiger partial charge is 0.244 e. The van der Waals surface area contributed by atoms with Gasteiger partial charge in [0.1, 0.15) is 18.3 Å². The summed E-state index contributed by atoms with van der Waals surface area (Å²) in [7, 11) is -2.41. The van der Waals surface area contributed by atoms with Gasteiger partial charge in [-0.3, -0.25) is 13.9 Å². The average molecular weight is 510 g/mol. The van der Waals surface area contributed by atoms with Crippen LogP contribution in [0.3, 0.4) is 0 Å². The molecule has 0 aliphatic rings. The second kappa shape index (κ2) is 12.6. The molecule has 1 unspecified atom stereocenters. The molecular formula is C24H32ClN3O5S. The minimum Gasteiger partial charge on any atom is -0.495 e. The Morgan fingerprint density at radius 1 is 1.09 bits per heavy atom. The van der Waals surface area contributed by atoms with Gasteiger partial charge in [0.25, 0.3) is 0 Å². The van der Waals surface area contributed by atoms with Gasteiger partial charge in [0, 0.05) is 18.1 Å². The summed E-state index contributed by atoms with van der Waals surface area (Å²) in [5, 5.41) is 3.39. The van der Waals surface area contributed by atoms with Crippen molar-refractivity contribution in [3.05, 3.63) is 59.1 Å². The van der Waals surface area contributed by atoms with Crippen LogP contribution < -0.4 is 14.4 Å². The van der Waals surface area contributed by atoms with Gasteiger partial charge in [-0.2, -0.15) is 0 Å². The highest BCUT2D eigenvalue weighted by Gasteiger charge is 2.32. The number of carbonyl (C=O) groups excluding carboxylic acids is 2. The monoisotopic (exact) mass is 509 g/mol. The molecule has 2 amide bonds. The molecule has 0 saturated carbocycles. The first kappa shape index (κ1) is 27.5. The number of rotatable bonds is 12. The van der Waals surface area contributed by atoms with E-state index in [0.29, 0.717) is 23.7 Å². The first-order valence-electron chi connectivity index (χ1n) is 11.0. The molecule has 34 heavy (non-hydrogen) atoms. The predicted octanol–water partition coefficient (Wildman–Crippen LogP) is 3.45. The molecule has 0 heterocycles. The molecule has 0 bridgehead atoms. The lowest BCUT2D eigenvalue weighted by Crippen LogP contribution is -2.52. The van der Waals surface area contributed by atoms with Crippen molar-refractivity contribution in [1.82, 2.24) is 10.2 Å². The fourth-order valence-electron chi connectivity index (χ4n) is 3.50. The fraction of sp³-hybridized carbons (Fsp3) is 0.417. The van der Waals surface area contributed by atoms with Crippen LogP contribution in [0.1, 0.15) is 32.3 Å². The van der Waals surface area contributed by atoms with Crippen LogP contribution in [0.2, 0.25) is 5.02 Å². The maximum absolute atomic E-state index is 13.6. The number of hydrogen-bond acceptors (Lipinski definition) is 5. The lowest BCUT2D eigenvalue weighted by Gasteiger charge is -2.33. The van der Waals surface area contributed by atoms with Crippen molar-refractivity contribution in [2.75, 3.05) is 30.8 Å². The van der Waals surface area contributed by atoms with Crippen molar-refractivity contribution in [3.8, 4) is 5.75 Å². The van der Waals surface area contributed by atoms with Gasteiger partial charge in [-0.15, -0.1) is 0 Å². The molecule has 0 aliphatic carbocycles.